The van der Waals surface area contributed by atoms with Gasteiger partial charge in [-0.1, -0.05) is 6.07 Å². The van der Waals surface area contributed by atoms with Crippen LogP contribution in [0.15, 0.2) is 35.7 Å². The zero-order valence-electron chi connectivity index (χ0n) is 18.4. The van der Waals surface area contributed by atoms with Crippen LogP contribution in [0.5, 0.6) is 5.75 Å². The number of rotatable bonds is 8. The number of amides is 1. The molecule has 32 heavy (non-hydrogen) atoms. The Hall–Kier alpha value is -2.55. The lowest BCUT2D eigenvalue weighted by molar-refractivity contribution is -0.140. The lowest BCUT2D eigenvalue weighted by atomic mass is 9.87. The van der Waals surface area contributed by atoms with Crippen molar-refractivity contribution in [2.24, 2.45) is 5.92 Å². The van der Waals surface area contributed by atoms with Crippen molar-refractivity contribution in [3.63, 3.8) is 0 Å². The summed E-state index contributed by atoms with van der Waals surface area (Å²) in [6.45, 7) is 6.27. The largest absolute Gasteiger partial charge is 0.497 e. The lowest BCUT2D eigenvalue weighted by Gasteiger charge is -2.29. The molecule has 1 aromatic heterocycles. The predicted octanol–water partition coefficient (Wildman–Crippen LogP) is 2.74. The van der Waals surface area contributed by atoms with Crippen LogP contribution >= 0.6 is 11.3 Å². The van der Waals surface area contributed by atoms with Gasteiger partial charge >= 0.3 is 0 Å². The van der Waals surface area contributed by atoms with E-state index < -0.39 is 23.7 Å². The van der Waals surface area contributed by atoms with Gasteiger partial charge in [0, 0.05) is 36.6 Å². The first-order chi connectivity index (χ1) is 15.5. The first-order valence-electron chi connectivity index (χ1n) is 10.9. The van der Waals surface area contributed by atoms with Crippen molar-refractivity contribution in [1.82, 2.24) is 9.80 Å². The van der Waals surface area contributed by atoms with Gasteiger partial charge in [0.25, 0.3) is 5.91 Å². The highest BCUT2D eigenvalue weighted by atomic mass is 32.1. The number of methoxy groups -OCH3 is 1. The number of ketones is 2. The van der Waals surface area contributed by atoms with E-state index in [-0.39, 0.29) is 5.78 Å². The van der Waals surface area contributed by atoms with Gasteiger partial charge in [0.2, 0.25) is 5.78 Å². The Balaban J connectivity index is 1.57. The van der Waals surface area contributed by atoms with Gasteiger partial charge in [-0.05, 0) is 48.6 Å². The number of thiophene rings is 1. The van der Waals surface area contributed by atoms with Crippen LogP contribution in [0, 0.1) is 12.8 Å². The molecule has 1 aromatic carbocycles. The molecular weight excluding hydrogens is 428 g/mol. The standard InChI is InChI=1S/C24H28N2O5S/c1-16-15-17(30-2)6-7-18(16)22(27)20-21(19-5-3-14-32-19)26(24(29)23(20)28)9-4-8-25-10-12-31-13-11-25/h3,5-7,14-15,20-21H,4,8-13H2,1-2H3. The number of carbonyl (C=O) groups is 3. The van der Waals surface area contributed by atoms with Crippen LogP contribution in [-0.4, -0.2) is 73.8 Å². The number of aryl methyl sites for hydroxylation is 1. The lowest BCUT2D eigenvalue weighted by Crippen LogP contribution is -2.39. The summed E-state index contributed by atoms with van der Waals surface area (Å²) in [5.41, 5.74) is 1.18. The van der Waals surface area contributed by atoms with Crippen molar-refractivity contribution < 1.29 is 23.9 Å². The molecule has 2 atom stereocenters. The minimum Gasteiger partial charge on any atom is -0.497 e. The van der Waals surface area contributed by atoms with Gasteiger partial charge in [0.05, 0.1) is 26.4 Å². The molecule has 0 spiro atoms. The maximum atomic E-state index is 13.5. The van der Waals surface area contributed by atoms with E-state index in [0.717, 1.165) is 49.7 Å². The Morgan fingerprint density at radius 1 is 1.19 bits per heavy atom. The second-order valence-electron chi connectivity index (χ2n) is 8.15. The van der Waals surface area contributed by atoms with Gasteiger partial charge in [0.1, 0.15) is 11.7 Å². The Morgan fingerprint density at radius 2 is 1.97 bits per heavy atom. The first kappa shape index (κ1) is 22.6. The minimum atomic E-state index is -1.03. The molecule has 170 valence electrons. The summed E-state index contributed by atoms with van der Waals surface area (Å²) < 4.78 is 10.6. The van der Waals surface area contributed by atoms with Crippen LogP contribution < -0.4 is 4.74 Å². The highest BCUT2D eigenvalue weighted by molar-refractivity contribution is 7.10. The van der Waals surface area contributed by atoms with E-state index in [1.54, 1.807) is 30.2 Å². The molecule has 2 aliphatic heterocycles. The molecule has 3 heterocycles. The van der Waals surface area contributed by atoms with Gasteiger partial charge in [0.15, 0.2) is 5.78 Å². The van der Waals surface area contributed by atoms with Gasteiger partial charge in [-0.2, -0.15) is 0 Å². The molecule has 8 heteroatoms. The Labute approximate surface area is 191 Å². The van der Waals surface area contributed by atoms with E-state index in [9.17, 15) is 14.4 Å². The Bertz CT molecular complexity index is 984. The van der Waals surface area contributed by atoms with Crippen molar-refractivity contribution in [3.05, 3.63) is 51.7 Å². The zero-order chi connectivity index (χ0) is 22.7. The zero-order valence-corrected chi connectivity index (χ0v) is 19.2. The summed E-state index contributed by atoms with van der Waals surface area (Å²) in [6, 6.07) is 8.39. The molecule has 7 nitrogen and oxygen atoms in total. The van der Waals surface area contributed by atoms with Crippen LogP contribution in [0.1, 0.15) is 33.3 Å². The number of likely N-dealkylation sites (tertiary alicyclic amines) is 1. The number of hydrogen-bond donors (Lipinski definition) is 0. The highest BCUT2D eigenvalue weighted by Gasteiger charge is 2.52. The summed E-state index contributed by atoms with van der Waals surface area (Å²) in [7, 11) is 1.57. The van der Waals surface area contributed by atoms with Gasteiger partial charge < -0.3 is 14.4 Å². The molecule has 2 fully saturated rings. The smallest absolute Gasteiger partial charge is 0.291 e. The third kappa shape index (κ3) is 4.48. The number of morpholine rings is 1. The third-order valence-corrected chi connectivity index (χ3v) is 7.14. The fourth-order valence-electron chi connectivity index (χ4n) is 4.50. The van der Waals surface area contributed by atoms with Gasteiger partial charge in [-0.3, -0.25) is 19.3 Å². The summed E-state index contributed by atoms with van der Waals surface area (Å²) in [4.78, 5) is 44.4. The third-order valence-electron chi connectivity index (χ3n) is 6.20. The molecule has 0 N–H and O–H groups in total. The average Bonchev–Trinajstić information content (AvgIpc) is 3.42. The molecule has 2 aliphatic rings. The molecule has 0 saturated carbocycles. The van der Waals surface area contributed by atoms with Crippen LogP contribution in [0.2, 0.25) is 0 Å². The Morgan fingerprint density at radius 3 is 2.62 bits per heavy atom. The number of Topliss-reactive ketones (excluding diaryl/α,β-unsaturated/α-hetero) is 2. The number of hydrogen-bond acceptors (Lipinski definition) is 7. The van der Waals surface area contributed by atoms with E-state index in [0.29, 0.717) is 17.9 Å². The molecule has 2 aromatic rings. The molecule has 1 amide bonds. The molecule has 2 unspecified atom stereocenters. The van der Waals surface area contributed by atoms with Crippen LogP contribution in [0.3, 0.4) is 0 Å². The van der Waals surface area contributed by atoms with E-state index >= 15 is 0 Å². The number of carbonyl (C=O) groups excluding carboxylic acids is 3. The summed E-state index contributed by atoms with van der Waals surface area (Å²) >= 11 is 1.47. The molecule has 4 rings (SSSR count). The fourth-order valence-corrected chi connectivity index (χ4v) is 5.38. The second-order valence-corrected chi connectivity index (χ2v) is 9.13. The summed E-state index contributed by atoms with van der Waals surface area (Å²) in [6.07, 6.45) is 0.739. The monoisotopic (exact) mass is 456 g/mol. The summed E-state index contributed by atoms with van der Waals surface area (Å²) in [5.74, 6) is -1.87. The Kier molecular flexibility index (Phi) is 7.03. The minimum absolute atomic E-state index is 0.308. The maximum Gasteiger partial charge on any atom is 0.291 e. The van der Waals surface area contributed by atoms with Crippen molar-refractivity contribution in [2.45, 2.75) is 19.4 Å². The SMILES string of the molecule is COc1ccc(C(=O)C2C(=O)C(=O)N(CCCN3CCOCC3)C2c2cccs2)c(C)c1. The van der Waals surface area contributed by atoms with E-state index in [1.165, 1.54) is 11.3 Å². The van der Waals surface area contributed by atoms with Crippen LogP contribution in [-0.2, 0) is 14.3 Å². The molecule has 0 radical (unpaired) electrons. The van der Waals surface area contributed by atoms with E-state index in [1.807, 2.05) is 24.4 Å². The average molecular weight is 457 g/mol. The molecule has 0 bridgehead atoms. The van der Waals surface area contributed by atoms with Gasteiger partial charge in [-0.15, -0.1) is 11.3 Å². The predicted molar refractivity (Wildman–Crippen MR) is 121 cm³/mol. The second kappa shape index (κ2) is 9.94. The van der Waals surface area contributed by atoms with E-state index in [4.69, 9.17) is 9.47 Å². The molecule has 2 saturated heterocycles. The maximum absolute atomic E-state index is 13.5. The van der Waals surface area contributed by atoms with Gasteiger partial charge in [-0.25, -0.2) is 0 Å². The van der Waals surface area contributed by atoms with Crippen molar-refractivity contribution in [2.75, 3.05) is 46.5 Å². The first-order valence-corrected chi connectivity index (χ1v) is 11.8. The fraction of sp³-hybridized carbons (Fsp3) is 0.458. The number of nitrogens with zero attached hydrogens (tertiary/aromatic N) is 2. The van der Waals surface area contributed by atoms with Crippen LogP contribution in [0.4, 0.5) is 0 Å². The van der Waals surface area contributed by atoms with E-state index in [2.05, 4.69) is 4.90 Å². The van der Waals surface area contributed by atoms with Crippen molar-refractivity contribution >= 4 is 28.8 Å². The molecule has 0 aliphatic carbocycles. The molecular formula is C24H28N2O5S. The highest BCUT2D eigenvalue weighted by Crippen LogP contribution is 2.40. The van der Waals surface area contributed by atoms with Crippen molar-refractivity contribution in [1.29, 1.82) is 0 Å². The quantitative estimate of drug-likeness (QED) is 0.345. The number of ether oxygens (including phenoxy) is 2. The van der Waals surface area contributed by atoms with Crippen LogP contribution in [0.25, 0.3) is 0 Å². The van der Waals surface area contributed by atoms with Crippen molar-refractivity contribution in [3.8, 4) is 5.75 Å². The topological polar surface area (TPSA) is 76.2 Å². The number of benzene rings is 1. The summed E-state index contributed by atoms with van der Waals surface area (Å²) in [5, 5.41) is 1.91. The normalized spacial score (nSPS) is 21.9.